The van der Waals surface area contributed by atoms with Gasteiger partial charge in [-0.1, -0.05) is 35.0 Å². The van der Waals surface area contributed by atoms with E-state index in [0.29, 0.717) is 27.7 Å². The molecule has 0 unspecified atom stereocenters. The average Bonchev–Trinajstić information content (AvgIpc) is 3.26. The second kappa shape index (κ2) is 7.32. The third-order valence-corrected chi connectivity index (χ3v) is 6.34. The van der Waals surface area contributed by atoms with Gasteiger partial charge in [0.25, 0.3) is 11.8 Å². The van der Waals surface area contributed by atoms with Crippen LogP contribution in [-0.2, 0) is 22.5 Å². The molecule has 2 heterocycles. The van der Waals surface area contributed by atoms with Crippen molar-refractivity contribution in [3.05, 3.63) is 50.9 Å². The summed E-state index contributed by atoms with van der Waals surface area (Å²) < 4.78 is 0. The van der Waals surface area contributed by atoms with Crippen molar-refractivity contribution in [2.75, 3.05) is 5.32 Å². The molecule has 0 saturated heterocycles. The van der Waals surface area contributed by atoms with Gasteiger partial charge in [-0.05, 0) is 37.3 Å². The number of hydrogen-bond acceptors (Lipinski definition) is 5. The highest BCUT2D eigenvalue weighted by molar-refractivity contribution is 7.17. The number of carbonyl (C=O) groups is 2. The zero-order valence-electron chi connectivity index (χ0n) is 14.5. The van der Waals surface area contributed by atoms with Crippen LogP contribution < -0.4 is 11.1 Å². The maximum absolute atomic E-state index is 12.7. The lowest BCUT2D eigenvalue weighted by Crippen LogP contribution is -2.28. The van der Waals surface area contributed by atoms with Gasteiger partial charge in [0.2, 0.25) is 6.10 Å². The molecule has 1 atom stereocenters. The van der Waals surface area contributed by atoms with E-state index in [9.17, 15) is 9.59 Å². The standard InChI is InChI=1S/C19H18ClN3O3S/c20-12-7-3-1-5-10(12)13-9-14(26-23-13)18(25)22-19-16(17(21)24)11-6-2-4-8-15(11)27-19/h1,3,5,7,14H,2,4,6,8-9H2,(H2,21,24)(H,22,25)/t14-/m1/s1. The van der Waals surface area contributed by atoms with E-state index in [1.54, 1.807) is 6.07 Å². The summed E-state index contributed by atoms with van der Waals surface area (Å²) in [6.45, 7) is 0. The molecule has 1 aliphatic carbocycles. The van der Waals surface area contributed by atoms with Crippen LogP contribution in [-0.4, -0.2) is 23.6 Å². The molecule has 1 aliphatic heterocycles. The lowest BCUT2D eigenvalue weighted by Gasteiger charge is -2.11. The summed E-state index contributed by atoms with van der Waals surface area (Å²) in [5.74, 6) is -0.855. The third-order valence-electron chi connectivity index (χ3n) is 4.80. The largest absolute Gasteiger partial charge is 0.382 e. The van der Waals surface area contributed by atoms with Gasteiger partial charge in [0.15, 0.2) is 0 Å². The van der Waals surface area contributed by atoms with Crippen LogP contribution in [0.2, 0.25) is 5.02 Å². The number of aryl methyl sites for hydroxylation is 1. The lowest BCUT2D eigenvalue weighted by molar-refractivity contribution is -0.125. The zero-order chi connectivity index (χ0) is 19.0. The van der Waals surface area contributed by atoms with Crippen molar-refractivity contribution >= 4 is 45.5 Å². The van der Waals surface area contributed by atoms with Crippen LogP contribution in [0.5, 0.6) is 0 Å². The van der Waals surface area contributed by atoms with E-state index in [-0.39, 0.29) is 5.91 Å². The van der Waals surface area contributed by atoms with Crippen LogP contribution in [0.4, 0.5) is 5.00 Å². The van der Waals surface area contributed by atoms with Crippen LogP contribution in [0.15, 0.2) is 29.4 Å². The van der Waals surface area contributed by atoms with Gasteiger partial charge >= 0.3 is 0 Å². The summed E-state index contributed by atoms with van der Waals surface area (Å²) in [6, 6.07) is 7.29. The number of primary amides is 1. The number of carbonyl (C=O) groups excluding carboxylic acids is 2. The number of fused-ring (bicyclic) bond motifs is 1. The highest BCUT2D eigenvalue weighted by Crippen LogP contribution is 2.38. The van der Waals surface area contributed by atoms with Gasteiger partial charge in [-0.3, -0.25) is 9.59 Å². The van der Waals surface area contributed by atoms with Crippen LogP contribution in [0.3, 0.4) is 0 Å². The molecule has 3 N–H and O–H groups in total. The van der Waals surface area contributed by atoms with Crippen molar-refractivity contribution in [2.24, 2.45) is 10.9 Å². The Balaban J connectivity index is 1.50. The average molecular weight is 404 g/mol. The number of hydrogen-bond donors (Lipinski definition) is 2. The molecule has 0 spiro atoms. The SMILES string of the molecule is NC(=O)c1c(NC(=O)[C@H]2CC(c3ccccc3Cl)=NO2)sc2c1CCCC2. The van der Waals surface area contributed by atoms with Crippen molar-refractivity contribution in [3.8, 4) is 0 Å². The monoisotopic (exact) mass is 403 g/mol. The number of oxime groups is 1. The minimum Gasteiger partial charge on any atom is -0.382 e. The second-order valence-corrected chi connectivity index (χ2v) is 8.10. The quantitative estimate of drug-likeness (QED) is 0.817. The Bertz CT molecular complexity index is 954. The molecule has 6 nitrogen and oxygen atoms in total. The molecule has 1 aromatic carbocycles. The summed E-state index contributed by atoms with van der Waals surface area (Å²) in [6.07, 6.45) is 3.39. The Hall–Kier alpha value is -2.38. The van der Waals surface area contributed by atoms with Gasteiger partial charge in [0.1, 0.15) is 5.00 Å². The van der Waals surface area contributed by atoms with E-state index in [2.05, 4.69) is 10.5 Å². The normalized spacial score (nSPS) is 18.4. The Kier molecular flexibility index (Phi) is 4.88. The predicted molar refractivity (Wildman–Crippen MR) is 106 cm³/mol. The van der Waals surface area contributed by atoms with Crippen molar-refractivity contribution < 1.29 is 14.4 Å². The second-order valence-electron chi connectivity index (χ2n) is 6.58. The minimum absolute atomic E-state index is 0.312. The summed E-state index contributed by atoms with van der Waals surface area (Å²) >= 11 is 7.62. The molecule has 0 radical (unpaired) electrons. The van der Waals surface area contributed by atoms with Crippen LogP contribution in [0.1, 0.15) is 45.6 Å². The van der Waals surface area contributed by atoms with Crippen LogP contribution in [0.25, 0.3) is 0 Å². The summed E-state index contributed by atoms with van der Waals surface area (Å²) in [5.41, 5.74) is 8.37. The minimum atomic E-state index is -0.767. The van der Waals surface area contributed by atoms with Crippen LogP contribution >= 0.6 is 22.9 Å². The Morgan fingerprint density at radius 3 is 2.81 bits per heavy atom. The number of nitrogens with one attached hydrogen (secondary N) is 1. The predicted octanol–water partition coefficient (Wildman–Crippen LogP) is 3.51. The highest BCUT2D eigenvalue weighted by atomic mass is 35.5. The fourth-order valence-corrected chi connectivity index (χ4v) is 5.02. The van der Waals surface area contributed by atoms with E-state index in [1.165, 1.54) is 11.3 Å². The molecular weight excluding hydrogens is 386 g/mol. The van der Waals surface area contributed by atoms with E-state index in [1.807, 2.05) is 18.2 Å². The van der Waals surface area contributed by atoms with Crippen molar-refractivity contribution in [3.63, 3.8) is 0 Å². The van der Waals surface area contributed by atoms with Crippen molar-refractivity contribution in [1.82, 2.24) is 0 Å². The first-order valence-corrected chi connectivity index (χ1v) is 9.97. The Morgan fingerprint density at radius 1 is 1.26 bits per heavy atom. The zero-order valence-corrected chi connectivity index (χ0v) is 16.0. The molecule has 0 bridgehead atoms. The number of thiophene rings is 1. The molecule has 2 amide bonds. The molecule has 8 heteroatoms. The maximum atomic E-state index is 12.7. The topological polar surface area (TPSA) is 93.8 Å². The van der Waals surface area contributed by atoms with Gasteiger partial charge in [0.05, 0.1) is 11.3 Å². The molecule has 4 rings (SSSR count). The molecule has 0 fully saturated rings. The van der Waals surface area contributed by atoms with Gasteiger partial charge < -0.3 is 15.9 Å². The Morgan fingerprint density at radius 2 is 2.04 bits per heavy atom. The Labute approximate surface area is 165 Å². The molecule has 2 aliphatic rings. The van der Waals surface area contributed by atoms with E-state index in [4.69, 9.17) is 22.2 Å². The third kappa shape index (κ3) is 3.44. The molecule has 27 heavy (non-hydrogen) atoms. The molecular formula is C19H18ClN3O3S. The number of rotatable bonds is 4. The highest BCUT2D eigenvalue weighted by Gasteiger charge is 2.32. The molecule has 2 aromatic rings. The number of halogens is 1. The fraction of sp³-hybridized carbons (Fsp3) is 0.316. The fourth-order valence-electron chi connectivity index (χ4n) is 3.48. The molecule has 1 aromatic heterocycles. The van der Waals surface area contributed by atoms with Gasteiger partial charge in [-0.25, -0.2) is 0 Å². The smallest absolute Gasteiger partial charge is 0.269 e. The number of nitrogens with zero attached hydrogens (tertiary/aromatic N) is 1. The van der Waals surface area contributed by atoms with E-state index < -0.39 is 12.0 Å². The van der Waals surface area contributed by atoms with Crippen LogP contribution in [0, 0.1) is 0 Å². The molecule has 140 valence electrons. The maximum Gasteiger partial charge on any atom is 0.269 e. The summed E-state index contributed by atoms with van der Waals surface area (Å²) in [5, 5.41) is 7.91. The van der Waals surface area contributed by atoms with E-state index in [0.717, 1.165) is 41.7 Å². The first-order chi connectivity index (χ1) is 13.0. The van der Waals surface area contributed by atoms with Crippen molar-refractivity contribution in [2.45, 2.75) is 38.2 Å². The lowest BCUT2D eigenvalue weighted by atomic mass is 9.95. The van der Waals surface area contributed by atoms with Gasteiger partial charge in [-0.2, -0.15) is 0 Å². The molecule has 0 saturated carbocycles. The van der Waals surface area contributed by atoms with Crippen molar-refractivity contribution in [1.29, 1.82) is 0 Å². The number of amides is 2. The number of anilines is 1. The summed E-state index contributed by atoms with van der Waals surface area (Å²) in [7, 11) is 0. The van der Waals surface area contributed by atoms with Gasteiger partial charge in [-0.15, -0.1) is 11.3 Å². The number of benzene rings is 1. The first kappa shape index (κ1) is 18.0. The first-order valence-electron chi connectivity index (χ1n) is 8.77. The summed E-state index contributed by atoms with van der Waals surface area (Å²) in [4.78, 5) is 31.1. The van der Waals surface area contributed by atoms with E-state index >= 15 is 0 Å². The number of nitrogens with two attached hydrogens (primary N) is 1. The van der Waals surface area contributed by atoms with Gasteiger partial charge in [0, 0.05) is 21.9 Å².